The van der Waals surface area contributed by atoms with Gasteiger partial charge in [0.2, 0.25) is 0 Å². The number of hydrogen-bond acceptors (Lipinski definition) is 7. The molecule has 1 aliphatic heterocycles. The van der Waals surface area contributed by atoms with Gasteiger partial charge < -0.3 is 20.5 Å². The molecule has 4 rings (SSSR count). The van der Waals surface area contributed by atoms with Gasteiger partial charge in [-0.3, -0.25) is 9.47 Å². The van der Waals surface area contributed by atoms with Crippen molar-refractivity contribution in [1.29, 1.82) is 0 Å². The van der Waals surface area contributed by atoms with Gasteiger partial charge >= 0.3 is 11.8 Å². The molecule has 1 aliphatic carbocycles. The predicted octanol–water partition coefficient (Wildman–Crippen LogP) is 1.90. The zero-order valence-corrected chi connectivity index (χ0v) is 18.8. The quantitative estimate of drug-likeness (QED) is 0.675. The van der Waals surface area contributed by atoms with E-state index in [0.29, 0.717) is 36.6 Å². The number of aromatic nitrogens is 2. The van der Waals surface area contributed by atoms with Gasteiger partial charge in [0.15, 0.2) is 0 Å². The molecule has 0 unspecified atom stereocenters. The molecule has 0 radical (unpaired) electrons. The summed E-state index contributed by atoms with van der Waals surface area (Å²) in [5.41, 5.74) is 5.36. The summed E-state index contributed by atoms with van der Waals surface area (Å²) in [7, 11) is 0. The van der Waals surface area contributed by atoms with Crippen LogP contribution in [0.15, 0.2) is 41.3 Å². The zero-order valence-electron chi connectivity index (χ0n) is 18.8. The highest BCUT2D eigenvalue weighted by molar-refractivity contribution is 5.67. The highest BCUT2D eigenvalue weighted by Gasteiger charge is 2.55. The molecule has 3 N–H and O–H groups in total. The normalized spacial score (nSPS) is 22.3. The SMILES string of the molecule is CC(C)(C)OC(=O)NC[C@@H]1[C@H]2CN(CCOc3ccc(-n4ccc(N)nc4=O)cc3)C[C@@H]12. The molecule has 1 aromatic heterocycles. The largest absolute Gasteiger partial charge is 0.492 e. The minimum Gasteiger partial charge on any atom is -0.492 e. The Labute approximate surface area is 187 Å². The van der Waals surface area contributed by atoms with E-state index in [0.717, 1.165) is 25.4 Å². The summed E-state index contributed by atoms with van der Waals surface area (Å²) in [6.45, 7) is 9.84. The van der Waals surface area contributed by atoms with Gasteiger partial charge in [-0.25, -0.2) is 9.59 Å². The first-order valence-electron chi connectivity index (χ1n) is 11.0. The number of carbonyl (C=O) groups is 1. The van der Waals surface area contributed by atoms with E-state index in [1.54, 1.807) is 12.3 Å². The fourth-order valence-electron chi connectivity index (χ4n) is 4.35. The number of nitrogens with one attached hydrogen (secondary N) is 1. The summed E-state index contributed by atoms with van der Waals surface area (Å²) >= 11 is 0. The summed E-state index contributed by atoms with van der Waals surface area (Å²) < 4.78 is 12.6. The molecule has 172 valence electrons. The van der Waals surface area contributed by atoms with Gasteiger partial charge in [0.25, 0.3) is 0 Å². The van der Waals surface area contributed by atoms with Crippen LogP contribution in [0.25, 0.3) is 5.69 Å². The van der Waals surface area contributed by atoms with Crippen LogP contribution in [0, 0.1) is 17.8 Å². The predicted molar refractivity (Wildman–Crippen MR) is 121 cm³/mol. The van der Waals surface area contributed by atoms with Crippen LogP contribution in [0.2, 0.25) is 0 Å². The lowest BCUT2D eigenvalue weighted by Gasteiger charge is -2.21. The van der Waals surface area contributed by atoms with Crippen molar-refractivity contribution in [3.05, 3.63) is 47.0 Å². The van der Waals surface area contributed by atoms with Crippen molar-refractivity contribution in [3.8, 4) is 11.4 Å². The number of carbonyl (C=O) groups excluding carboxylic acids is 1. The number of ether oxygens (including phenoxy) is 2. The average molecular weight is 442 g/mol. The van der Waals surface area contributed by atoms with Crippen LogP contribution in [0.5, 0.6) is 5.75 Å². The second kappa shape index (κ2) is 8.82. The number of fused-ring (bicyclic) bond motifs is 1. The van der Waals surface area contributed by atoms with E-state index in [-0.39, 0.29) is 11.9 Å². The van der Waals surface area contributed by atoms with Crippen LogP contribution in [0.4, 0.5) is 10.6 Å². The first-order valence-corrected chi connectivity index (χ1v) is 11.0. The number of amides is 1. The molecule has 1 aromatic carbocycles. The Morgan fingerprint density at radius 1 is 1.19 bits per heavy atom. The minimum atomic E-state index is -0.467. The number of hydrogen-bond donors (Lipinski definition) is 2. The molecule has 2 fully saturated rings. The van der Waals surface area contributed by atoms with Gasteiger partial charge in [0.05, 0.1) is 5.69 Å². The molecule has 0 bridgehead atoms. The Balaban J connectivity index is 1.16. The molecule has 2 aliphatic rings. The summed E-state index contributed by atoms with van der Waals surface area (Å²) in [6.07, 6.45) is 1.27. The van der Waals surface area contributed by atoms with Crippen LogP contribution in [0.3, 0.4) is 0 Å². The summed E-state index contributed by atoms with van der Waals surface area (Å²) in [5.74, 6) is 2.82. The lowest BCUT2D eigenvalue weighted by Crippen LogP contribution is -2.35. The monoisotopic (exact) mass is 441 g/mol. The Hall–Kier alpha value is -3.07. The zero-order chi connectivity index (χ0) is 22.9. The Morgan fingerprint density at radius 2 is 1.88 bits per heavy atom. The number of benzene rings is 1. The second-order valence-corrected chi connectivity index (χ2v) is 9.48. The molecule has 1 amide bonds. The third-order valence-electron chi connectivity index (χ3n) is 5.94. The molecule has 2 heterocycles. The van der Waals surface area contributed by atoms with Gasteiger partial charge in [-0.2, -0.15) is 4.98 Å². The van der Waals surface area contributed by atoms with E-state index in [1.165, 1.54) is 4.57 Å². The lowest BCUT2D eigenvalue weighted by atomic mass is 10.2. The van der Waals surface area contributed by atoms with Crippen molar-refractivity contribution in [1.82, 2.24) is 19.8 Å². The number of alkyl carbamates (subject to hydrolysis) is 1. The molecule has 3 atom stereocenters. The molecule has 1 saturated carbocycles. The molecule has 32 heavy (non-hydrogen) atoms. The van der Waals surface area contributed by atoms with E-state index in [2.05, 4.69) is 15.2 Å². The number of nitrogen functional groups attached to an aromatic ring is 1. The van der Waals surface area contributed by atoms with Crippen LogP contribution in [-0.2, 0) is 4.74 Å². The number of nitrogens with two attached hydrogens (primary N) is 1. The maximum atomic E-state index is 11.9. The van der Waals surface area contributed by atoms with Gasteiger partial charge in [0, 0.05) is 32.4 Å². The Kier molecular flexibility index (Phi) is 6.10. The summed E-state index contributed by atoms with van der Waals surface area (Å²) in [5, 5.41) is 2.90. The summed E-state index contributed by atoms with van der Waals surface area (Å²) in [6, 6.07) is 8.92. The summed E-state index contributed by atoms with van der Waals surface area (Å²) in [4.78, 5) is 29.9. The number of likely N-dealkylation sites (tertiary alicyclic amines) is 1. The van der Waals surface area contributed by atoms with Gasteiger partial charge in [0.1, 0.15) is 23.8 Å². The van der Waals surface area contributed by atoms with Crippen molar-refractivity contribution in [2.24, 2.45) is 17.8 Å². The minimum absolute atomic E-state index is 0.205. The molecule has 0 spiro atoms. The standard InChI is InChI=1S/C23H31N5O4/c1-23(2,3)32-22(30)25-12-17-18-13-27(14-19(17)18)10-11-31-16-6-4-15(5-7-16)28-9-8-20(24)26-21(28)29/h4-9,17-19H,10-14H2,1-3H3,(H,25,30)(H2,24,26,29)/t17-,18-,19+. The maximum absolute atomic E-state index is 11.9. The average Bonchev–Trinajstić information content (AvgIpc) is 3.16. The maximum Gasteiger partial charge on any atom is 0.407 e. The number of anilines is 1. The fourth-order valence-corrected chi connectivity index (χ4v) is 4.35. The van der Waals surface area contributed by atoms with Crippen molar-refractivity contribution >= 4 is 11.9 Å². The first kappa shape index (κ1) is 22.1. The van der Waals surface area contributed by atoms with E-state index in [9.17, 15) is 9.59 Å². The Morgan fingerprint density at radius 3 is 2.50 bits per heavy atom. The van der Waals surface area contributed by atoms with Gasteiger partial charge in [-0.1, -0.05) is 0 Å². The fraction of sp³-hybridized carbons (Fsp3) is 0.522. The molecule has 9 nitrogen and oxygen atoms in total. The molecule has 2 aromatic rings. The van der Waals surface area contributed by atoms with Gasteiger partial charge in [-0.15, -0.1) is 0 Å². The van der Waals surface area contributed by atoms with E-state index in [1.807, 2.05) is 45.0 Å². The van der Waals surface area contributed by atoms with E-state index in [4.69, 9.17) is 15.2 Å². The lowest BCUT2D eigenvalue weighted by molar-refractivity contribution is 0.0522. The van der Waals surface area contributed by atoms with E-state index < -0.39 is 11.3 Å². The highest BCUT2D eigenvalue weighted by Crippen LogP contribution is 2.51. The van der Waals surface area contributed by atoms with Crippen LogP contribution >= 0.6 is 0 Å². The van der Waals surface area contributed by atoms with Crippen molar-refractivity contribution in [2.45, 2.75) is 26.4 Å². The topological polar surface area (TPSA) is 112 Å². The molecule has 1 saturated heterocycles. The van der Waals surface area contributed by atoms with Crippen molar-refractivity contribution in [2.75, 3.05) is 38.5 Å². The van der Waals surface area contributed by atoms with Crippen molar-refractivity contribution in [3.63, 3.8) is 0 Å². The third-order valence-corrected chi connectivity index (χ3v) is 5.94. The highest BCUT2D eigenvalue weighted by atomic mass is 16.6. The van der Waals surface area contributed by atoms with Crippen molar-refractivity contribution < 1.29 is 14.3 Å². The number of rotatable bonds is 7. The van der Waals surface area contributed by atoms with Crippen LogP contribution in [0.1, 0.15) is 20.8 Å². The second-order valence-electron chi connectivity index (χ2n) is 9.48. The third kappa shape index (κ3) is 5.40. The smallest absolute Gasteiger partial charge is 0.407 e. The molecular weight excluding hydrogens is 410 g/mol. The molecular formula is C23H31N5O4. The number of piperidine rings is 1. The van der Waals surface area contributed by atoms with E-state index >= 15 is 0 Å². The van der Waals surface area contributed by atoms with Gasteiger partial charge in [-0.05, 0) is 68.9 Å². The number of nitrogens with zero attached hydrogens (tertiary/aromatic N) is 3. The van der Waals surface area contributed by atoms with Crippen LogP contribution < -0.4 is 21.5 Å². The Bertz CT molecular complexity index is 1000. The molecule has 9 heteroatoms. The first-order chi connectivity index (χ1) is 15.2. The van der Waals surface area contributed by atoms with Crippen LogP contribution in [-0.4, -0.2) is 58.9 Å².